The Morgan fingerprint density at radius 3 is 2.28 bits per heavy atom. The highest BCUT2D eigenvalue weighted by Gasteiger charge is 2.45. The van der Waals surface area contributed by atoms with E-state index >= 15 is 0 Å². The molecule has 0 aromatic carbocycles. The summed E-state index contributed by atoms with van der Waals surface area (Å²) in [6.07, 6.45) is 5.04. The van der Waals surface area contributed by atoms with Gasteiger partial charge < -0.3 is 15.1 Å². The zero-order valence-corrected chi connectivity index (χ0v) is 10.6. The lowest BCUT2D eigenvalue weighted by molar-refractivity contribution is -0.153. The van der Waals surface area contributed by atoms with Gasteiger partial charge in [0.2, 0.25) is 5.91 Å². The Kier molecular flexibility index (Phi) is 3.90. The lowest BCUT2D eigenvalue weighted by Crippen LogP contribution is -2.40. The molecule has 102 valence electrons. The molecule has 2 aliphatic rings. The molecule has 0 heterocycles. The first-order chi connectivity index (χ1) is 8.59. The summed E-state index contributed by atoms with van der Waals surface area (Å²) >= 11 is 0. The molecule has 2 fully saturated rings. The predicted octanol–water partition coefficient (Wildman–Crippen LogP) is 1.00. The molecule has 5 nitrogen and oxygen atoms in total. The van der Waals surface area contributed by atoms with Gasteiger partial charge in [-0.15, -0.1) is 0 Å². The number of carboxylic acid groups (broad SMARTS) is 1. The average Bonchev–Trinajstić information content (AvgIpc) is 3.05. The molecule has 0 saturated heterocycles. The minimum absolute atomic E-state index is 0.0533. The molecule has 2 N–H and O–H groups in total. The van der Waals surface area contributed by atoms with Crippen LogP contribution in [0.3, 0.4) is 0 Å². The Morgan fingerprint density at radius 2 is 1.83 bits per heavy atom. The Balaban J connectivity index is 2.01. The van der Waals surface area contributed by atoms with Crippen LogP contribution in [0.15, 0.2) is 0 Å². The highest BCUT2D eigenvalue weighted by Crippen LogP contribution is 2.42. The largest absolute Gasteiger partial charge is 0.481 e. The average molecular weight is 255 g/mol. The number of aliphatic carboxylic acids is 1. The van der Waals surface area contributed by atoms with Crippen molar-refractivity contribution in [2.75, 3.05) is 13.2 Å². The molecular formula is C13H21NO4. The second kappa shape index (κ2) is 5.26. The lowest BCUT2D eigenvalue weighted by Gasteiger charge is -2.28. The number of carbonyl (C=O) groups is 2. The molecule has 2 aliphatic carbocycles. The van der Waals surface area contributed by atoms with Gasteiger partial charge in [0, 0.05) is 19.0 Å². The quantitative estimate of drug-likeness (QED) is 0.742. The van der Waals surface area contributed by atoms with E-state index in [4.69, 9.17) is 5.11 Å². The van der Waals surface area contributed by atoms with Crippen molar-refractivity contribution in [3.05, 3.63) is 0 Å². The Morgan fingerprint density at radius 1 is 1.22 bits per heavy atom. The van der Waals surface area contributed by atoms with Crippen LogP contribution in [0.4, 0.5) is 0 Å². The summed E-state index contributed by atoms with van der Waals surface area (Å²) in [6.45, 7) is 0.279. The summed E-state index contributed by atoms with van der Waals surface area (Å²) in [6, 6.07) is 0.233. The highest BCUT2D eigenvalue weighted by molar-refractivity contribution is 5.85. The molecule has 0 radical (unpaired) electrons. The van der Waals surface area contributed by atoms with Crippen molar-refractivity contribution in [3.63, 3.8) is 0 Å². The van der Waals surface area contributed by atoms with Gasteiger partial charge in [-0.1, -0.05) is 12.8 Å². The third kappa shape index (κ3) is 2.66. The summed E-state index contributed by atoms with van der Waals surface area (Å²) in [4.78, 5) is 25.3. The Bertz CT molecular complexity index is 332. The number of hydrogen-bond acceptors (Lipinski definition) is 3. The number of hydrogen-bond donors (Lipinski definition) is 2. The van der Waals surface area contributed by atoms with Gasteiger partial charge in [-0.05, 0) is 25.7 Å². The second-order valence-electron chi connectivity index (χ2n) is 5.51. The number of nitrogens with zero attached hydrogens (tertiary/aromatic N) is 1. The molecule has 1 amide bonds. The van der Waals surface area contributed by atoms with Gasteiger partial charge in [-0.2, -0.15) is 0 Å². The van der Waals surface area contributed by atoms with Crippen molar-refractivity contribution in [2.45, 2.75) is 51.0 Å². The van der Waals surface area contributed by atoms with E-state index in [9.17, 15) is 14.7 Å². The van der Waals surface area contributed by atoms with E-state index in [1.807, 2.05) is 0 Å². The van der Waals surface area contributed by atoms with E-state index in [1.165, 1.54) is 0 Å². The molecule has 0 unspecified atom stereocenters. The maximum Gasteiger partial charge on any atom is 0.310 e. The second-order valence-corrected chi connectivity index (χ2v) is 5.51. The standard InChI is InChI=1S/C13H21NO4/c15-8-7-14(10-3-4-10)11(16)9-13(12(17)18)5-1-2-6-13/h10,15H,1-9H2,(H,17,18). The van der Waals surface area contributed by atoms with Gasteiger partial charge in [0.15, 0.2) is 0 Å². The monoisotopic (exact) mass is 255 g/mol. The van der Waals surface area contributed by atoms with Gasteiger partial charge >= 0.3 is 5.97 Å². The smallest absolute Gasteiger partial charge is 0.310 e. The van der Waals surface area contributed by atoms with Gasteiger partial charge in [0.05, 0.1) is 12.0 Å². The molecular weight excluding hydrogens is 234 g/mol. The SMILES string of the molecule is O=C(CC1(C(=O)O)CCCC1)N(CCO)C1CC1. The van der Waals surface area contributed by atoms with Crippen LogP contribution in [0.5, 0.6) is 0 Å². The number of carboxylic acids is 1. The number of aliphatic hydroxyl groups excluding tert-OH is 1. The molecule has 2 saturated carbocycles. The summed E-state index contributed by atoms with van der Waals surface area (Å²) in [5, 5.41) is 18.3. The summed E-state index contributed by atoms with van der Waals surface area (Å²) in [5.41, 5.74) is -0.848. The van der Waals surface area contributed by atoms with E-state index in [-0.39, 0.29) is 25.0 Å². The van der Waals surface area contributed by atoms with Crippen molar-refractivity contribution in [2.24, 2.45) is 5.41 Å². The van der Waals surface area contributed by atoms with Crippen molar-refractivity contribution in [3.8, 4) is 0 Å². The van der Waals surface area contributed by atoms with E-state index in [0.717, 1.165) is 25.7 Å². The molecule has 18 heavy (non-hydrogen) atoms. The highest BCUT2D eigenvalue weighted by atomic mass is 16.4. The van der Waals surface area contributed by atoms with Crippen molar-refractivity contribution in [1.82, 2.24) is 4.90 Å². The molecule has 0 aliphatic heterocycles. The molecule has 0 spiro atoms. The van der Waals surface area contributed by atoms with E-state index < -0.39 is 11.4 Å². The third-order valence-electron chi connectivity index (χ3n) is 4.15. The van der Waals surface area contributed by atoms with Crippen LogP contribution in [0.1, 0.15) is 44.9 Å². The molecule has 0 aromatic rings. The summed E-state index contributed by atoms with van der Waals surface area (Å²) in [5.74, 6) is -0.941. The van der Waals surface area contributed by atoms with Crippen LogP contribution in [-0.4, -0.2) is 46.2 Å². The molecule has 5 heteroatoms. The van der Waals surface area contributed by atoms with Crippen molar-refractivity contribution < 1.29 is 19.8 Å². The number of rotatable bonds is 6. The summed E-state index contributed by atoms with van der Waals surface area (Å²) < 4.78 is 0. The van der Waals surface area contributed by atoms with Crippen LogP contribution < -0.4 is 0 Å². The third-order valence-corrected chi connectivity index (χ3v) is 4.15. The topological polar surface area (TPSA) is 77.8 Å². The van der Waals surface area contributed by atoms with Gasteiger partial charge in [0.1, 0.15) is 0 Å². The van der Waals surface area contributed by atoms with Crippen molar-refractivity contribution in [1.29, 1.82) is 0 Å². The normalized spacial score (nSPS) is 21.8. The van der Waals surface area contributed by atoms with E-state index in [2.05, 4.69) is 0 Å². The molecule has 0 atom stereocenters. The molecule has 0 bridgehead atoms. The predicted molar refractivity (Wildman–Crippen MR) is 65.0 cm³/mol. The fourth-order valence-electron chi connectivity index (χ4n) is 2.91. The van der Waals surface area contributed by atoms with Crippen LogP contribution >= 0.6 is 0 Å². The summed E-state index contributed by atoms with van der Waals surface area (Å²) in [7, 11) is 0. The minimum atomic E-state index is -0.848. The van der Waals surface area contributed by atoms with Crippen LogP contribution in [0, 0.1) is 5.41 Å². The van der Waals surface area contributed by atoms with E-state index in [1.54, 1.807) is 4.90 Å². The first-order valence-corrected chi connectivity index (χ1v) is 6.73. The Labute approximate surface area is 107 Å². The number of amides is 1. The van der Waals surface area contributed by atoms with Crippen LogP contribution in [-0.2, 0) is 9.59 Å². The van der Waals surface area contributed by atoms with Crippen molar-refractivity contribution >= 4 is 11.9 Å². The Hall–Kier alpha value is -1.10. The zero-order chi connectivity index (χ0) is 13.2. The zero-order valence-electron chi connectivity index (χ0n) is 10.6. The fraction of sp³-hybridized carbons (Fsp3) is 0.846. The van der Waals surface area contributed by atoms with Gasteiger partial charge in [-0.3, -0.25) is 9.59 Å². The molecule has 0 aromatic heterocycles. The fourth-order valence-corrected chi connectivity index (χ4v) is 2.91. The number of aliphatic hydroxyl groups is 1. The lowest BCUT2D eigenvalue weighted by atomic mass is 9.82. The minimum Gasteiger partial charge on any atom is -0.481 e. The van der Waals surface area contributed by atoms with Gasteiger partial charge in [-0.25, -0.2) is 0 Å². The van der Waals surface area contributed by atoms with Crippen LogP contribution in [0.25, 0.3) is 0 Å². The first kappa shape index (κ1) is 13.3. The van der Waals surface area contributed by atoms with E-state index in [0.29, 0.717) is 19.4 Å². The number of carbonyl (C=O) groups excluding carboxylic acids is 1. The first-order valence-electron chi connectivity index (χ1n) is 6.73. The molecule has 2 rings (SSSR count). The maximum absolute atomic E-state index is 12.2. The maximum atomic E-state index is 12.2. The van der Waals surface area contributed by atoms with Crippen LogP contribution in [0.2, 0.25) is 0 Å². The van der Waals surface area contributed by atoms with Gasteiger partial charge in [0.25, 0.3) is 0 Å².